The highest BCUT2D eigenvalue weighted by Crippen LogP contribution is 2.29. The summed E-state index contributed by atoms with van der Waals surface area (Å²) in [6.45, 7) is 10.1. The van der Waals surface area contributed by atoms with Crippen molar-refractivity contribution < 1.29 is 4.79 Å². The average molecular weight is 370 g/mol. The lowest BCUT2D eigenvalue weighted by Crippen LogP contribution is -2.51. The standard InChI is InChI=1S/C23H35N3O/c1-19-8-6-12-22(20(19)2)24-23(27)18-26-16-14-25(15-17-26)13-7-11-21-9-4-3-5-10-21/h3-5,7,9-11,19-20,22H,6,8,12-18H2,1-2H3,(H,24,27)/b11-7+. The fourth-order valence-electron chi connectivity index (χ4n) is 4.27. The predicted molar refractivity (Wildman–Crippen MR) is 112 cm³/mol. The molecule has 2 aliphatic rings. The lowest BCUT2D eigenvalue weighted by Gasteiger charge is -2.36. The number of rotatable bonds is 6. The third-order valence-corrected chi connectivity index (χ3v) is 6.36. The monoisotopic (exact) mass is 369 g/mol. The van der Waals surface area contributed by atoms with E-state index in [1.165, 1.54) is 18.4 Å². The Balaban J connectivity index is 1.35. The molecular formula is C23H35N3O. The van der Waals surface area contributed by atoms with Gasteiger partial charge in [-0.05, 0) is 23.8 Å². The lowest BCUT2D eigenvalue weighted by molar-refractivity contribution is -0.124. The molecule has 1 saturated heterocycles. The molecule has 1 aliphatic heterocycles. The van der Waals surface area contributed by atoms with Crippen molar-refractivity contribution in [2.75, 3.05) is 39.3 Å². The first-order valence-corrected chi connectivity index (χ1v) is 10.6. The number of hydrogen-bond donors (Lipinski definition) is 1. The van der Waals surface area contributed by atoms with E-state index in [-0.39, 0.29) is 5.91 Å². The highest BCUT2D eigenvalue weighted by atomic mass is 16.2. The fourth-order valence-corrected chi connectivity index (χ4v) is 4.27. The van der Waals surface area contributed by atoms with Crippen LogP contribution in [0.3, 0.4) is 0 Å². The number of benzene rings is 1. The van der Waals surface area contributed by atoms with Gasteiger partial charge >= 0.3 is 0 Å². The number of carbonyl (C=O) groups excluding carboxylic acids is 1. The summed E-state index contributed by atoms with van der Waals surface area (Å²) < 4.78 is 0. The Labute approximate surface area is 164 Å². The molecule has 1 amide bonds. The van der Waals surface area contributed by atoms with Crippen molar-refractivity contribution in [3.63, 3.8) is 0 Å². The Kier molecular flexibility index (Phi) is 7.48. The van der Waals surface area contributed by atoms with E-state index in [0.717, 1.165) is 45.1 Å². The van der Waals surface area contributed by atoms with Gasteiger partial charge in [0.2, 0.25) is 5.91 Å². The molecule has 3 rings (SSSR count). The molecule has 0 aromatic heterocycles. The highest BCUT2D eigenvalue weighted by Gasteiger charge is 2.28. The summed E-state index contributed by atoms with van der Waals surface area (Å²) in [6.07, 6.45) is 8.11. The summed E-state index contributed by atoms with van der Waals surface area (Å²) in [7, 11) is 0. The second-order valence-electron chi connectivity index (χ2n) is 8.33. The highest BCUT2D eigenvalue weighted by molar-refractivity contribution is 5.78. The number of amides is 1. The Bertz CT molecular complexity index is 607. The van der Waals surface area contributed by atoms with Crippen LogP contribution in [0.1, 0.15) is 38.7 Å². The van der Waals surface area contributed by atoms with Gasteiger partial charge in [0.25, 0.3) is 0 Å². The third-order valence-electron chi connectivity index (χ3n) is 6.36. The SMILES string of the molecule is CC1CCCC(NC(=O)CN2CCN(C/C=C/c3ccccc3)CC2)C1C. The summed E-state index contributed by atoms with van der Waals surface area (Å²) in [4.78, 5) is 17.2. The zero-order valence-corrected chi connectivity index (χ0v) is 16.9. The number of nitrogens with one attached hydrogen (secondary N) is 1. The largest absolute Gasteiger partial charge is 0.352 e. The van der Waals surface area contributed by atoms with Gasteiger partial charge in [0, 0.05) is 38.8 Å². The van der Waals surface area contributed by atoms with Crippen LogP contribution in [0.25, 0.3) is 6.08 Å². The summed E-state index contributed by atoms with van der Waals surface area (Å²) >= 11 is 0. The minimum Gasteiger partial charge on any atom is -0.352 e. The molecule has 1 N–H and O–H groups in total. The molecule has 27 heavy (non-hydrogen) atoms. The molecule has 0 radical (unpaired) electrons. The molecule has 0 bridgehead atoms. The van der Waals surface area contributed by atoms with Crippen LogP contribution in [0.15, 0.2) is 36.4 Å². The van der Waals surface area contributed by atoms with Crippen molar-refractivity contribution >= 4 is 12.0 Å². The molecule has 2 fully saturated rings. The van der Waals surface area contributed by atoms with E-state index in [1.54, 1.807) is 0 Å². The third kappa shape index (κ3) is 6.18. The van der Waals surface area contributed by atoms with Crippen LogP contribution >= 0.6 is 0 Å². The van der Waals surface area contributed by atoms with E-state index < -0.39 is 0 Å². The first kappa shape index (κ1) is 20.1. The van der Waals surface area contributed by atoms with Crippen molar-refractivity contribution in [3.05, 3.63) is 42.0 Å². The van der Waals surface area contributed by atoms with Gasteiger partial charge in [0.05, 0.1) is 6.54 Å². The molecule has 4 nitrogen and oxygen atoms in total. The maximum Gasteiger partial charge on any atom is 0.234 e. The Morgan fingerprint density at radius 2 is 1.78 bits per heavy atom. The zero-order chi connectivity index (χ0) is 19.1. The van der Waals surface area contributed by atoms with Crippen molar-refractivity contribution in [2.24, 2.45) is 11.8 Å². The van der Waals surface area contributed by atoms with Crippen LogP contribution in [0.2, 0.25) is 0 Å². The Morgan fingerprint density at radius 1 is 1.07 bits per heavy atom. The topological polar surface area (TPSA) is 35.6 Å². The molecule has 0 spiro atoms. The quantitative estimate of drug-likeness (QED) is 0.836. The molecule has 3 atom stereocenters. The van der Waals surface area contributed by atoms with Crippen molar-refractivity contribution in [1.29, 1.82) is 0 Å². The number of nitrogens with zero attached hydrogens (tertiary/aromatic N) is 2. The van der Waals surface area contributed by atoms with Gasteiger partial charge in [-0.15, -0.1) is 0 Å². The van der Waals surface area contributed by atoms with E-state index in [2.05, 4.69) is 65.4 Å². The smallest absolute Gasteiger partial charge is 0.234 e. The van der Waals surface area contributed by atoms with E-state index in [0.29, 0.717) is 18.5 Å². The second kappa shape index (κ2) is 10.0. The van der Waals surface area contributed by atoms with Gasteiger partial charge < -0.3 is 5.32 Å². The minimum atomic E-state index is 0.207. The zero-order valence-electron chi connectivity index (χ0n) is 16.9. The lowest BCUT2D eigenvalue weighted by atomic mass is 9.78. The van der Waals surface area contributed by atoms with Gasteiger partial charge in [0.15, 0.2) is 0 Å². The van der Waals surface area contributed by atoms with Crippen LogP contribution in [-0.2, 0) is 4.79 Å². The Hall–Kier alpha value is -1.65. The molecule has 1 aromatic carbocycles. The van der Waals surface area contributed by atoms with Gasteiger partial charge in [-0.2, -0.15) is 0 Å². The molecule has 1 aromatic rings. The molecule has 1 aliphatic carbocycles. The first-order chi connectivity index (χ1) is 13.1. The second-order valence-corrected chi connectivity index (χ2v) is 8.33. The van der Waals surface area contributed by atoms with Gasteiger partial charge in [0.1, 0.15) is 0 Å². The summed E-state index contributed by atoms with van der Waals surface area (Å²) in [5.74, 6) is 1.52. The summed E-state index contributed by atoms with van der Waals surface area (Å²) in [6, 6.07) is 10.8. The molecule has 148 valence electrons. The molecule has 1 heterocycles. The van der Waals surface area contributed by atoms with Gasteiger partial charge in [-0.1, -0.05) is 69.2 Å². The summed E-state index contributed by atoms with van der Waals surface area (Å²) in [5, 5.41) is 3.30. The Morgan fingerprint density at radius 3 is 2.52 bits per heavy atom. The fraction of sp³-hybridized carbons (Fsp3) is 0.609. The van der Waals surface area contributed by atoms with Crippen LogP contribution in [0.4, 0.5) is 0 Å². The van der Waals surface area contributed by atoms with Gasteiger partial charge in [-0.25, -0.2) is 0 Å². The van der Waals surface area contributed by atoms with E-state index >= 15 is 0 Å². The van der Waals surface area contributed by atoms with Crippen molar-refractivity contribution in [2.45, 2.75) is 39.2 Å². The van der Waals surface area contributed by atoms with E-state index in [1.807, 2.05) is 6.07 Å². The van der Waals surface area contributed by atoms with Crippen molar-refractivity contribution in [1.82, 2.24) is 15.1 Å². The molecule has 1 saturated carbocycles. The molecule has 3 unspecified atom stereocenters. The van der Waals surface area contributed by atoms with E-state index in [4.69, 9.17) is 0 Å². The van der Waals surface area contributed by atoms with Crippen LogP contribution in [0, 0.1) is 11.8 Å². The minimum absolute atomic E-state index is 0.207. The van der Waals surface area contributed by atoms with Crippen molar-refractivity contribution in [3.8, 4) is 0 Å². The number of piperazine rings is 1. The van der Waals surface area contributed by atoms with Crippen LogP contribution < -0.4 is 5.32 Å². The normalized spacial score (nSPS) is 27.7. The predicted octanol–water partition coefficient (Wildman–Crippen LogP) is 3.26. The number of carbonyl (C=O) groups is 1. The summed E-state index contributed by atoms with van der Waals surface area (Å²) in [5.41, 5.74) is 1.25. The average Bonchev–Trinajstić information content (AvgIpc) is 2.68. The number of hydrogen-bond acceptors (Lipinski definition) is 3. The van der Waals surface area contributed by atoms with Crippen LogP contribution in [-0.4, -0.2) is 61.0 Å². The van der Waals surface area contributed by atoms with Crippen LogP contribution in [0.5, 0.6) is 0 Å². The van der Waals surface area contributed by atoms with Gasteiger partial charge in [-0.3, -0.25) is 14.6 Å². The molecular weight excluding hydrogens is 334 g/mol. The van der Waals surface area contributed by atoms with E-state index in [9.17, 15) is 4.79 Å². The maximum absolute atomic E-state index is 12.5. The molecule has 4 heteroatoms. The first-order valence-electron chi connectivity index (χ1n) is 10.6. The maximum atomic E-state index is 12.5.